The minimum Gasteiger partial charge on any atom is -1.00 e. The summed E-state index contributed by atoms with van der Waals surface area (Å²) < 4.78 is 1.79. The van der Waals surface area contributed by atoms with Gasteiger partial charge >= 0.3 is 113 Å². The number of rotatable bonds is 4. The summed E-state index contributed by atoms with van der Waals surface area (Å²) in [5, 5.41) is 0. The van der Waals surface area contributed by atoms with E-state index in [9.17, 15) is 0 Å². The van der Waals surface area contributed by atoms with E-state index in [4.69, 9.17) is 0 Å². The number of hydrogen-bond acceptors (Lipinski definition) is 0. The maximum Gasteiger partial charge on any atom is -1.00 e. The fraction of sp³-hybridized carbons (Fsp3) is 0.750. The van der Waals surface area contributed by atoms with Gasteiger partial charge in [-0.05, 0) is 0 Å². The van der Waals surface area contributed by atoms with Crippen molar-refractivity contribution in [2.24, 2.45) is 0 Å². The van der Waals surface area contributed by atoms with Gasteiger partial charge in [0.15, 0.2) is 0 Å². The van der Waals surface area contributed by atoms with Gasteiger partial charge in [-0.25, -0.2) is 0 Å². The van der Waals surface area contributed by atoms with Crippen LogP contribution in [0.2, 0.25) is 9.56 Å². The van der Waals surface area contributed by atoms with E-state index in [2.05, 4.69) is 26.0 Å². The van der Waals surface area contributed by atoms with Crippen molar-refractivity contribution in [3.63, 3.8) is 0 Å². The molecular weight excluding hydrogens is 255 g/mol. The molecule has 0 saturated carbocycles. The molecule has 2 aliphatic rings. The standard InChI is InChI=1S/2C8H13.Al.ClH/c2*1-2-8-6-4-3-5-7-8;;/h2*2,6H,3-5,7H2,1H3;;1H/q;;+1;/p-1. The van der Waals surface area contributed by atoms with Crippen LogP contribution in [0.5, 0.6) is 0 Å². The molecule has 0 aromatic heterocycles. The fourth-order valence-electron chi connectivity index (χ4n) is 3.23. The Hall–Kier alpha value is 0.302. The summed E-state index contributed by atoms with van der Waals surface area (Å²) in [4.78, 5) is 0. The van der Waals surface area contributed by atoms with Crippen LogP contribution in [0.25, 0.3) is 0 Å². The van der Waals surface area contributed by atoms with Gasteiger partial charge in [-0.1, -0.05) is 0 Å². The van der Waals surface area contributed by atoms with Crippen LogP contribution in [-0.2, 0) is 0 Å². The first-order chi connectivity index (χ1) is 8.27. The van der Waals surface area contributed by atoms with Crippen LogP contribution in [0.15, 0.2) is 23.3 Å². The van der Waals surface area contributed by atoms with Crippen molar-refractivity contribution in [1.29, 1.82) is 0 Å². The summed E-state index contributed by atoms with van der Waals surface area (Å²) in [6.07, 6.45) is 16.3. The summed E-state index contributed by atoms with van der Waals surface area (Å²) >= 11 is 0.569. The van der Waals surface area contributed by atoms with Crippen molar-refractivity contribution in [3.8, 4) is 0 Å². The van der Waals surface area contributed by atoms with E-state index in [1.807, 2.05) is 0 Å². The van der Waals surface area contributed by atoms with E-state index in [-0.39, 0.29) is 12.4 Å². The van der Waals surface area contributed by atoms with Crippen LogP contribution < -0.4 is 12.4 Å². The Kier molecular flexibility index (Phi) is 7.70. The first-order valence-electron chi connectivity index (χ1n) is 7.50. The average molecular weight is 281 g/mol. The molecule has 100 valence electrons. The number of halogens is 1. The SMILES string of the molecule is C[CH]([Al+][CH](C)C1=CCCCC1)C1=CCCCC1.[Cl-]. The van der Waals surface area contributed by atoms with Gasteiger partial charge in [0.25, 0.3) is 0 Å². The van der Waals surface area contributed by atoms with Crippen molar-refractivity contribution in [1.82, 2.24) is 0 Å². The molecule has 2 rings (SSSR count). The van der Waals surface area contributed by atoms with Crippen molar-refractivity contribution in [2.45, 2.75) is 74.8 Å². The van der Waals surface area contributed by atoms with Crippen molar-refractivity contribution in [2.75, 3.05) is 0 Å². The smallest absolute Gasteiger partial charge is 1.00 e. The van der Waals surface area contributed by atoms with E-state index >= 15 is 0 Å². The number of hydrogen-bond donors (Lipinski definition) is 0. The summed E-state index contributed by atoms with van der Waals surface area (Å²) in [5.41, 5.74) is 3.57. The van der Waals surface area contributed by atoms with Crippen molar-refractivity contribution in [3.05, 3.63) is 23.3 Å². The van der Waals surface area contributed by atoms with Gasteiger partial charge in [-0.2, -0.15) is 0 Å². The van der Waals surface area contributed by atoms with E-state index in [0.717, 1.165) is 9.56 Å². The Morgan fingerprint density at radius 3 is 1.61 bits per heavy atom. The molecule has 0 nitrogen and oxygen atoms in total. The van der Waals surface area contributed by atoms with Gasteiger partial charge in [0, 0.05) is 0 Å². The van der Waals surface area contributed by atoms with Crippen LogP contribution in [0.1, 0.15) is 65.2 Å². The molecule has 0 N–H and O–H groups in total. The first kappa shape index (κ1) is 16.4. The Labute approximate surface area is 125 Å². The van der Waals surface area contributed by atoms with E-state index < -0.39 is 0 Å². The molecule has 18 heavy (non-hydrogen) atoms. The van der Waals surface area contributed by atoms with Gasteiger partial charge in [0.2, 0.25) is 0 Å². The third kappa shape index (κ3) is 4.77. The molecule has 0 heterocycles. The Morgan fingerprint density at radius 1 is 0.833 bits per heavy atom. The Morgan fingerprint density at radius 2 is 1.28 bits per heavy atom. The average Bonchev–Trinajstić information content (AvgIpc) is 2.40. The molecule has 0 bridgehead atoms. The van der Waals surface area contributed by atoms with E-state index in [1.54, 1.807) is 11.1 Å². The van der Waals surface area contributed by atoms with Gasteiger partial charge in [-0.3, -0.25) is 0 Å². The van der Waals surface area contributed by atoms with Crippen molar-refractivity contribution >= 4 is 15.2 Å². The van der Waals surface area contributed by atoms with Crippen LogP contribution in [0.3, 0.4) is 0 Å². The van der Waals surface area contributed by atoms with Crippen LogP contribution >= 0.6 is 0 Å². The third-order valence-corrected chi connectivity index (χ3v) is 6.41. The van der Waals surface area contributed by atoms with Crippen LogP contribution in [0, 0.1) is 0 Å². The predicted octanol–water partition coefficient (Wildman–Crippen LogP) is 2.31. The normalized spacial score (nSPS) is 23.0. The quantitative estimate of drug-likeness (QED) is 0.548. The third-order valence-electron chi connectivity index (χ3n) is 4.40. The molecule has 2 heteroatoms. The molecular formula is C16H26AlCl. The molecule has 2 unspecified atom stereocenters. The van der Waals surface area contributed by atoms with Gasteiger partial charge < -0.3 is 12.4 Å². The zero-order valence-corrected chi connectivity index (χ0v) is 13.8. The van der Waals surface area contributed by atoms with Gasteiger partial charge in [0.1, 0.15) is 0 Å². The molecule has 2 atom stereocenters. The largest absolute Gasteiger partial charge is 1.00 e. The topological polar surface area (TPSA) is 0 Å². The summed E-state index contributed by atoms with van der Waals surface area (Å²) in [6, 6.07) is 0. The summed E-state index contributed by atoms with van der Waals surface area (Å²) in [6.45, 7) is 4.96. The van der Waals surface area contributed by atoms with E-state index in [0.29, 0.717) is 15.2 Å². The second-order valence-electron chi connectivity index (χ2n) is 5.82. The molecule has 0 saturated heterocycles. The first-order valence-corrected chi connectivity index (χ1v) is 8.83. The van der Waals surface area contributed by atoms with Gasteiger partial charge in [0.05, 0.1) is 0 Å². The van der Waals surface area contributed by atoms with Crippen LogP contribution in [-0.4, -0.2) is 15.2 Å². The van der Waals surface area contributed by atoms with Crippen molar-refractivity contribution < 1.29 is 12.4 Å². The summed E-state index contributed by atoms with van der Waals surface area (Å²) in [7, 11) is 0. The van der Waals surface area contributed by atoms with Gasteiger partial charge in [-0.15, -0.1) is 0 Å². The Bertz CT molecular complexity index is 276. The molecule has 0 spiro atoms. The Balaban J connectivity index is 0.00000162. The van der Waals surface area contributed by atoms with Crippen LogP contribution in [0.4, 0.5) is 0 Å². The minimum absolute atomic E-state index is 0. The summed E-state index contributed by atoms with van der Waals surface area (Å²) in [5.74, 6) is 0. The maximum atomic E-state index is 2.54. The fourth-order valence-corrected chi connectivity index (χ4v) is 5.20. The molecule has 2 aliphatic carbocycles. The molecule has 0 amide bonds. The maximum absolute atomic E-state index is 2.54. The molecule has 0 radical (unpaired) electrons. The predicted molar refractivity (Wildman–Crippen MR) is 77.7 cm³/mol. The minimum atomic E-state index is 0. The zero-order valence-electron chi connectivity index (χ0n) is 11.9. The van der Waals surface area contributed by atoms with E-state index in [1.165, 1.54) is 51.4 Å². The second kappa shape index (κ2) is 8.47. The number of allylic oxidation sites excluding steroid dienone is 4. The molecule has 0 aliphatic heterocycles. The zero-order chi connectivity index (χ0) is 12.1. The molecule has 0 aromatic carbocycles. The molecule has 0 fully saturated rings. The monoisotopic (exact) mass is 280 g/mol. The molecule has 0 aromatic rings. The second-order valence-corrected chi connectivity index (χ2v) is 8.20.